The van der Waals surface area contributed by atoms with Gasteiger partial charge in [-0.3, -0.25) is 4.79 Å². The van der Waals surface area contributed by atoms with Crippen molar-refractivity contribution < 1.29 is 14.7 Å². The molecule has 1 aromatic heterocycles. The maximum Gasteiger partial charge on any atom is 0.336 e. The lowest BCUT2D eigenvalue weighted by Gasteiger charge is -2.04. The average Bonchev–Trinajstić information content (AvgIpc) is 3.17. The van der Waals surface area contributed by atoms with Crippen LogP contribution in [0.3, 0.4) is 0 Å². The maximum absolute atomic E-state index is 12.8. The first-order chi connectivity index (χ1) is 12.6. The first kappa shape index (κ1) is 16.2. The fourth-order valence-electron chi connectivity index (χ4n) is 3.05. The molecule has 0 radical (unpaired) electrons. The largest absolute Gasteiger partial charge is 0.478 e. The molecule has 0 amide bonds. The highest BCUT2D eigenvalue weighted by Gasteiger charge is 2.19. The van der Waals surface area contributed by atoms with Crippen molar-refractivity contribution in [1.82, 2.24) is 0 Å². The summed E-state index contributed by atoms with van der Waals surface area (Å²) in [5.74, 6) is -1.36. The molecule has 4 aromatic rings. The van der Waals surface area contributed by atoms with E-state index in [4.69, 9.17) is 0 Å². The predicted molar refractivity (Wildman–Crippen MR) is 104 cm³/mol. The second-order valence-corrected chi connectivity index (χ2v) is 6.95. The zero-order valence-electron chi connectivity index (χ0n) is 13.7. The molecule has 0 atom stereocenters. The number of ketones is 1. The highest BCUT2D eigenvalue weighted by atomic mass is 32.1. The molecular weight excluding hydrogens is 344 g/mol. The van der Waals surface area contributed by atoms with E-state index in [0.29, 0.717) is 4.88 Å². The summed E-state index contributed by atoms with van der Waals surface area (Å²) in [4.78, 5) is 25.7. The van der Waals surface area contributed by atoms with Crippen LogP contribution in [-0.4, -0.2) is 16.9 Å². The van der Waals surface area contributed by atoms with Gasteiger partial charge in [0.25, 0.3) is 0 Å². The molecule has 0 aliphatic carbocycles. The Hall–Kier alpha value is -3.24. The number of rotatable bonds is 4. The van der Waals surface area contributed by atoms with Crippen LogP contribution in [0.2, 0.25) is 0 Å². The summed E-state index contributed by atoms with van der Waals surface area (Å²) < 4.78 is 0. The van der Waals surface area contributed by atoms with Gasteiger partial charge in [0.05, 0.1) is 10.4 Å². The fraction of sp³-hybridized carbons (Fsp3) is 0. The number of aromatic carboxylic acids is 1. The Labute approximate surface area is 154 Å². The molecule has 0 bridgehead atoms. The molecule has 0 aliphatic rings. The van der Waals surface area contributed by atoms with Crippen LogP contribution in [0.4, 0.5) is 0 Å². The molecule has 0 saturated heterocycles. The van der Waals surface area contributed by atoms with E-state index in [1.165, 1.54) is 17.4 Å². The standard InChI is InChI=1S/C22H14O3S/c23-21(17-9-3-4-10-18(17)22(24)25)20-13-12-19(26-20)16-11-5-7-14-6-1-2-8-15(14)16/h1-13H,(H,24,25). The van der Waals surface area contributed by atoms with E-state index in [1.54, 1.807) is 24.3 Å². The van der Waals surface area contributed by atoms with Crippen molar-refractivity contribution in [1.29, 1.82) is 0 Å². The molecule has 3 aromatic carbocycles. The molecule has 4 heteroatoms. The molecule has 0 fully saturated rings. The molecule has 0 unspecified atom stereocenters. The van der Waals surface area contributed by atoms with Gasteiger partial charge in [-0.15, -0.1) is 11.3 Å². The molecule has 1 heterocycles. The fourth-order valence-corrected chi connectivity index (χ4v) is 4.04. The number of carbonyl (C=O) groups is 2. The summed E-state index contributed by atoms with van der Waals surface area (Å²) in [6.45, 7) is 0. The highest BCUT2D eigenvalue weighted by Crippen LogP contribution is 2.34. The predicted octanol–water partition coefficient (Wildman–Crippen LogP) is 5.50. The van der Waals surface area contributed by atoms with Crippen LogP contribution in [0.15, 0.2) is 78.9 Å². The van der Waals surface area contributed by atoms with Crippen LogP contribution < -0.4 is 0 Å². The molecule has 4 rings (SSSR count). The quantitative estimate of drug-likeness (QED) is 0.490. The van der Waals surface area contributed by atoms with E-state index < -0.39 is 5.97 Å². The SMILES string of the molecule is O=C(O)c1ccccc1C(=O)c1ccc(-c2cccc3ccccc23)s1. The number of fused-ring (bicyclic) bond motifs is 1. The Morgan fingerprint density at radius 1 is 0.731 bits per heavy atom. The Morgan fingerprint density at radius 2 is 1.42 bits per heavy atom. The van der Waals surface area contributed by atoms with Gasteiger partial charge in [0.1, 0.15) is 0 Å². The summed E-state index contributed by atoms with van der Waals surface area (Å²) >= 11 is 1.38. The van der Waals surface area contributed by atoms with Crippen LogP contribution in [0.1, 0.15) is 25.6 Å². The van der Waals surface area contributed by atoms with Gasteiger partial charge >= 0.3 is 5.97 Å². The van der Waals surface area contributed by atoms with Crippen molar-refractivity contribution in [3.63, 3.8) is 0 Å². The maximum atomic E-state index is 12.8. The molecule has 1 N–H and O–H groups in total. The van der Waals surface area contributed by atoms with E-state index in [1.807, 2.05) is 30.3 Å². The molecule has 0 spiro atoms. The molecule has 126 valence electrons. The van der Waals surface area contributed by atoms with E-state index >= 15 is 0 Å². The lowest BCUT2D eigenvalue weighted by molar-refractivity contribution is 0.0693. The Morgan fingerprint density at radius 3 is 2.23 bits per heavy atom. The van der Waals surface area contributed by atoms with Crippen molar-refractivity contribution in [2.75, 3.05) is 0 Å². The van der Waals surface area contributed by atoms with E-state index in [9.17, 15) is 14.7 Å². The first-order valence-corrected chi connectivity index (χ1v) is 8.92. The number of hydrogen-bond acceptors (Lipinski definition) is 3. The zero-order chi connectivity index (χ0) is 18.1. The minimum atomic E-state index is -1.10. The van der Waals surface area contributed by atoms with Gasteiger partial charge < -0.3 is 5.11 Å². The van der Waals surface area contributed by atoms with Crippen LogP contribution in [0.5, 0.6) is 0 Å². The summed E-state index contributed by atoms with van der Waals surface area (Å²) in [7, 11) is 0. The first-order valence-electron chi connectivity index (χ1n) is 8.10. The Kier molecular flexibility index (Phi) is 4.11. The topological polar surface area (TPSA) is 54.4 Å². The third-order valence-electron chi connectivity index (χ3n) is 4.29. The number of benzene rings is 3. The number of carbonyl (C=O) groups excluding carboxylic acids is 1. The molecule has 0 saturated carbocycles. The number of hydrogen-bond donors (Lipinski definition) is 1. The van der Waals surface area contributed by atoms with Crippen LogP contribution in [0, 0.1) is 0 Å². The average molecular weight is 358 g/mol. The summed E-state index contributed by atoms with van der Waals surface area (Å²) in [6, 6.07) is 24.2. The number of carboxylic acids is 1. The minimum Gasteiger partial charge on any atom is -0.478 e. The Balaban J connectivity index is 1.77. The van der Waals surface area contributed by atoms with Crippen LogP contribution in [0.25, 0.3) is 21.2 Å². The van der Waals surface area contributed by atoms with Gasteiger partial charge in [0, 0.05) is 10.4 Å². The molecule has 26 heavy (non-hydrogen) atoms. The summed E-state index contributed by atoms with van der Waals surface area (Å²) in [6.07, 6.45) is 0. The van der Waals surface area contributed by atoms with Gasteiger partial charge in [0.2, 0.25) is 5.78 Å². The van der Waals surface area contributed by atoms with E-state index in [2.05, 4.69) is 18.2 Å². The van der Waals surface area contributed by atoms with E-state index in [0.717, 1.165) is 21.2 Å². The second kappa shape index (κ2) is 6.58. The smallest absolute Gasteiger partial charge is 0.336 e. The lowest BCUT2D eigenvalue weighted by atomic mass is 10.0. The summed E-state index contributed by atoms with van der Waals surface area (Å²) in [5, 5.41) is 11.6. The molecular formula is C22H14O3S. The lowest BCUT2D eigenvalue weighted by Crippen LogP contribution is -2.08. The summed E-state index contributed by atoms with van der Waals surface area (Å²) in [5.41, 5.74) is 1.31. The van der Waals surface area contributed by atoms with E-state index in [-0.39, 0.29) is 16.9 Å². The van der Waals surface area contributed by atoms with Crippen LogP contribution in [-0.2, 0) is 0 Å². The van der Waals surface area contributed by atoms with Crippen molar-refractivity contribution in [3.8, 4) is 10.4 Å². The van der Waals surface area contributed by atoms with Gasteiger partial charge in [-0.25, -0.2) is 4.79 Å². The molecule has 0 aliphatic heterocycles. The van der Waals surface area contributed by atoms with Crippen molar-refractivity contribution in [2.45, 2.75) is 0 Å². The van der Waals surface area contributed by atoms with Crippen molar-refractivity contribution in [2.24, 2.45) is 0 Å². The van der Waals surface area contributed by atoms with Gasteiger partial charge in [-0.2, -0.15) is 0 Å². The normalized spacial score (nSPS) is 10.8. The second-order valence-electron chi connectivity index (χ2n) is 5.87. The highest BCUT2D eigenvalue weighted by molar-refractivity contribution is 7.17. The van der Waals surface area contributed by atoms with Gasteiger partial charge in [-0.1, -0.05) is 60.7 Å². The van der Waals surface area contributed by atoms with Gasteiger partial charge in [-0.05, 0) is 34.5 Å². The zero-order valence-corrected chi connectivity index (χ0v) is 14.5. The Bertz CT molecular complexity index is 1140. The third-order valence-corrected chi connectivity index (χ3v) is 5.40. The molecule has 3 nitrogen and oxygen atoms in total. The number of thiophene rings is 1. The number of carboxylic acid groups (broad SMARTS) is 1. The van der Waals surface area contributed by atoms with Crippen LogP contribution >= 0.6 is 11.3 Å². The monoisotopic (exact) mass is 358 g/mol. The van der Waals surface area contributed by atoms with Gasteiger partial charge in [0.15, 0.2) is 0 Å². The minimum absolute atomic E-state index is 0.0256. The van der Waals surface area contributed by atoms with Crippen molar-refractivity contribution >= 4 is 33.9 Å². The van der Waals surface area contributed by atoms with Crippen molar-refractivity contribution in [3.05, 3.63) is 94.9 Å². The third kappa shape index (κ3) is 2.80.